The highest BCUT2D eigenvalue weighted by molar-refractivity contribution is 5.94. The zero-order valence-electron chi connectivity index (χ0n) is 15.8. The van der Waals surface area contributed by atoms with Gasteiger partial charge in [0.1, 0.15) is 11.8 Å². The molecule has 0 unspecified atom stereocenters. The summed E-state index contributed by atoms with van der Waals surface area (Å²) in [7, 11) is 1.64. The largest absolute Gasteiger partial charge is 0.497 e. The molecule has 140 valence electrons. The summed E-state index contributed by atoms with van der Waals surface area (Å²) in [4.78, 5) is 11.6. The van der Waals surface area contributed by atoms with Crippen LogP contribution in [0.3, 0.4) is 0 Å². The minimum atomic E-state index is -0.437. The van der Waals surface area contributed by atoms with Crippen molar-refractivity contribution in [1.82, 2.24) is 9.88 Å². The van der Waals surface area contributed by atoms with Crippen molar-refractivity contribution in [3.05, 3.63) is 47.3 Å². The van der Waals surface area contributed by atoms with Gasteiger partial charge in [-0.25, -0.2) is 4.79 Å². The molecule has 3 rings (SSSR count). The SMILES string of the molecule is CCOC(=O)NC1=CC=C(c2c(C#N)c3ccc(OC)cc3n2CC)CC1. The molecule has 0 fully saturated rings. The highest BCUT2D eigenvalue weighted by Crippen LogP contribution is 2.36. The number of hydrogen-bond acceptors (Lipinski definition) is 4. The van der Waals surface area contributed by atoms with Gasteiger partial charge in [0.15, 0.2) is 0 Å². The van der Waals surface area contributed by atoms with E-state index >= 15 is 0 Å². The number of allylic oxidation sites excluding steroid dienone is 4. The number of fused-ring (bicyclic) bond motifs is 1. The minimum Gasteiger partial charge on any atom is -0.497 e. The molecular weight excluding hydrogens is 342 g/mol. The summed E-state index contributed by atoms with van der Waals surface area (Å²) in [6.45, 7) is 4.92. The van der Waals surface area contributed by atoms with Crippen LogP contribution in [-0.2, 0) is 11.3 Å². The Morgan fingerprint density at radius 2 is 2.11 bits per heavy atom. The van der Waals surface area contributed by atoms with Crippen LogP contribution in [0.25, 0.3) is 16.5 Å². The van der Waals surface area contributed by atoms with E-state index in [0.29, 0.717) is 18.6 Å². The summed E-state index contributed by atoms with van der Waals surface area (Å²) < 4.78 is 12.4. The van der Waals surface area contributed by atoms with E-state index in [1.165, 1.54) is 0 Å². The van der Waals surface area contributed by atoms with Crippen molar-refractivity contribution < 1.29 is 14.3 Å². The Balaban J connectivity index is 2.04. The van der Waals surface area contributed by atoms with Crippen molar-refractivity contribution in [2.45, 2.75) is 33.2 Å². The molecule has 1 aromatic heterocycles. The van der Waals surface area contributed by atoms with Gasteiger partial charge in [0, 0.05) is 23.7 Å². The zero-order chi connectivity index (χ0) is 19.4. The Bertz CT molecular complexity index is 977. The first-order valence-corrected chi connectivity index (χ1v) is 9.07. The third-order valence-electron chi connectivity index (χ3n) is 4.69. The van der Waals surface area contributed by atoms with Gasteiger partial charge in [-0.3, -0.25) is 5.32 Å². The highest BCUT2D eigenvalue weighted by Gasteiger charge is 2.21. The van der Waals surface area contributed by atoms with Gasteiger partial charge in [0.2, 0.25) is 0 Å². The Morgan fingerprint density at radius 3 is 2.70 bits per heavy atom. The van der Waals surface area contributed by atoms with Crippen molar-refractivity contribution in [3.8, 4) is 11.8 Å². The van der Waals surface area contributed by atoms with E-state index in [2.05, 4.69) is 22.9 Å². The van der Waals surface area contributed by atoms with E-state index in [1.54, 1.807) is 14.0 Å². The molecule has 6 nitrogen and oxygen atoms in total. The number of alkyl carbamates (subject to hydrolysis) is 1. The summed E-state index contributed by atoms with van der Waals surface area (Å²) in [5, 5.41) is 13.5. The van der Waals surface area contributed by atoms with Crippen molar-refractivity contribution in [2.75, 3.05) is 13.7 Å². The number of nitrogens with zero attached hydrogens (tertiary/aromatic N) is 2. The average Bonchev–Trinajstić information content (AvgIpc) is 3.01. The fourth-order valence-electron chi connectivity index (χ4n) is 3.47. The number of aromatic nitrogens is 1. The van der Waals surface area contributed by atoms with Crippen molar-refractivity contribution in [2.24, 2.45) is 0 Å². The first kappa shape index (κ1) is 18.6. The third-order valence-corrected chi connectivity index (χ3v) is 4.69. The maximum atomic E-state index is 11.6. The Labute approximate surface area is 158 Å². The van der Waals surface area contributed by atoms with Crippen LogP contribution < -0.4 is 10.1 Å². The van der Waals surface area contributed by atoms with E-state index in [4.69, 9.17) is 9.47 Å². The quantitative estimate of drug-likeness (QED) is 0.855. The molecule has 0 radical (unpaired) electrons. The average molecular weight is 365 g/mol. The lowest BCUT2D eigenvalue weighted by Gasteiger charge is -2.17. The molecule has 0 saturated heterocycles. The lowest BCUT2D eigenvalue weighted by Crippen LogP contribution is -2.24. The molecule has 1 aliphatic rings. The first-order chi connectivity index (χ1) is 13.1. The molecule has 0 spiro atoms. The second kappa shape index (κ2) is 8.00. The van der Waals surface area contributed by atoms with Crippen molar-refractivity contribution in [1.29, 1.82) is 5.26 Å². The van der Waals surface area contributed by atoms with Gasteiger partial charge in [-0.05, 0) is 50.5 Å². The van der Waals surface area contributed by atoms with Gasteiger partial charge >= 0.3 is 6.09 Å². The van der Waals surface area contributed by atoms with Gasteiger partial charge in [-0.15, -0.1) is 0 Å². The van der Waals surface area contributed by atoms with E-state index in [-0.39, 0.29) is 0 Å². The summed E-state index contributed by atoms with van der Waals surface area (Å²) in [6.07, 6.45) is 4.84. The molecule has 1 N–H and O–H groups in total. The molecule has 0 atom stereocenters. The third kappa shape index (κ3) is 3.54. The molecule has 0 bridgehead atoms. The second-order valence-electron chi connectivity index (χ2n) is 6.19. The number of ether oxygens (including phenoxy) is 2. The molecule has 1 heterocycles. The molecule has 0 saturated carbocycles. The fourth-order valence-corrected chi connectivity index (χ4v) is 3.47. The standard InChI is InChI=1S/C21H23N3O3/c1-4-24-19-12-16(26-3)10-11-17(19)18(13-22)20(24)14-6-8-15(9-7-14)23-21(25)27-5-2/h6,8,10-12H,4-5,7,9H2,1-3H3,(H,23,25). The molecule has 6 heteroatoms. The van der Waals surface area contributed by atoms with Crippen LogP contribution in [-0.4, -0.2) is 24.4 Å². The van der Waals surface area contributed by atoms with Crippen LogP contribution in [0.1, 0.15) is 37.9 Å². The molecular formula is C21H23N3O3. The van der Waals surface area contributed by atoms with Gasteiger partial charge in [0.25, 0.3) is 0 Å². The number of aryl methyl sites for hydroxylation is 1. The van der Waals surface area contributed by atoms with Crippen LogP contribution in [0.4, 0.5) is 4.79 Å². The summed E-state index contributed by atoms with van der Waals surface area (Å²) in [5.41, 5.74) is 4.50. The number of amides is 1. The number of hydrogen-bond donors (Lipinski definition) is 1. The van der Waals surface area contributed by atoms with Gasteiger partial charge < -0.3 is 14.0 Å². The number of nitriles is 1. The van der Waals surface area contributed by atoms with Crippen LogP contribution in [0, 0.1) is 11.3 Å². The zero-order valence-corrected chi connectivity index (χ0v) is 15.8. The van der Waals surface area contributed by atoms with Crippen molar-refractivity contribution in [3.63, 3.8) is 0 Å². The molecule has 1 aliphatic carbocycles. The van der Waals surface area contributed by atoms with Crippen LogP contribution >= 0.6 is 0 Å². The Hall–Kier alpha value is -3.20. The van der Waals surface area contributed by atoms with E-state index in [9.17, 15) is 10.1 Å². The molecule has 27 heavy (non-hydrogen) atoms. The summed E-state index contributed by atoms with van der Waals surface area (Å²) >= 11 is 0. The Kier molecular flexibility index (Phi) is 5.51. The lowest BCUT2D eigenvalue weighted by atomic mass is 9.97. The number of methoxy groups -OCH3 is 1. The first-order valence-electron chi connectivity index (χ1n) is 9.07. The highest BCUT2D eigenvalue weighted by atomic mass is 16.5. The van der Waals surface area contributed by atoms with Crippen LogP contribution in [0.5, 0.6) is 5.75 Å². The topological polar surface area (TPSA) is 76.3 Å². The number of benzene rings is 1. The fraction of sp³-hybridized carbons (Fsp3) is 0.333. The smallest absolute Gasteiger partial charge is 0.411 e. The molecule has 0 aliphatic heterocycles. The number of nitrogens with one attached hydrogen (secondary N) is 1. The minimum absolute atomic E-state index is 0.339. The van der Waals surface area contributed by atoms with Crippen molar-refractivity contribution >= 4 is 22.6 Å². The summed E-state index contributed by atoms with van der Waals surface area (Å²) in [5.74, 6) is 0.768. The van der Waals surface area contributed by atoms with E-state index in [0.717, 1.165) is 46.6 Å². The Morgan fingerprint density at radius 1 is 1.30 bits per heavy atom. The molecule has 1 aromatic carbocycles. The number of carbonyl (C=O) groups excluding carboxylic acids is 1. The number of rotatable bonds is 5. The monoisotopic (exact) mass is 365 g/mol. The lowest BCUT2D eigenvalue weighted by molar-refractivity contribution is 0.155. The maximum absolute atomic E-state index is 11.6. The van der Waals surface area contributed by atoms with Crippen LogP contribution in [0.2, 0.25) is 0 Å². The predicted octanol–water partition coefficient (Wildman–Crippen LogP) is 4.35. The maximum Gasteiger partial charge on any atom is 0.411 e. The second-order valence-corrected chi connectivity index (χ2v) is 6.19. The van der Waals surface area contributed by atoms with Gasteiger partial charge in [-0.1, -0.05) is 6.08 Å². The normalized spacial score (nSPS) is 13.6. The van der Waals surface area contributed by atoms with E-state index < -0.39 is 6.09 Å². The molecule has 1 amide bonds. The van der Waals surface area contributed by atoms with E-state index in [1.807, 2.05) is 30.4 Å². The summed E-state index contributed by atoms with van der Waals surface area (Å²) in [6, 6.07) is 8.16. The van der Waals surface area contributed by atoms with Crippen LogP contribution in [0.15, 0.2) is 36.0 Å². The van der Waals surface area contributed by atoms with Gasteiger partial charge in [0.05, 0.1) is 30.5 Å². The number of carbonyl (C=O) groups is 1. The predicted molar refractivity (Wildman–Crippen MR) is 104 cm³/mol. The van der Waals surface area contributed by atoms with Gasteiger partial charge in [-0.2, -0.15) is 5.26 Å². The molecule has 2 aromatic rings.